The van der Waals surface area contributed by atoms with Gasteiger partial charge in [0.15, 0.2) is 0 Å². The molecule has 1 aromatic heterocycles. The van der Waals surface area contributed by atoms with Crippen molar-refractivity contribution in [3.63, 3.8) is 0 Å². The third-order valence-corrected chi connectivity index (χ3v) is 4.76. The monoisotopic (exact) mass is 360 g/mol. The molecule has 4 rings (SSSR count). The van der Waals surface area contributed by atoms with Crippen LogP contribution in [0.4, 0.5) is 0 Å². The molecule has 2 heterocycles. The SMILES string of the molecule is c1ccc(CN2CCOC(COc3ccc(-c4cccnc4)cc3)C2)cc1. The third kappa shape index (κ3) is 4.94. The Kier molecular flexibility index (Phi) is 5.77. The number of morpholine rings is 1. The highest BCUT2D eigenvalue weighted by molar-refractivity contribution is 5.62. The van der Waals surface area contributed by atoms with Gasteiger partial charge >= 0.3 is 0 Å². The molecule has 1 saturated heterocycles. The lowest BCUT2D eigenvalue weighted by Gasteiger charge is -2.32. The largest absolute Gasteiger partial charge is 0.491 e. The second kappa shape index (κ2) is 8.80. The van der Waals surface area contributed by atoms with Gasteiger partial charge in [-0.05, 0) is 34.9 Å². The van der Waals surface area contributed by atoms with Gasteiger partial charge in [0.25, 0.3) is 0 Å². The first kappa shape index (κ1) is 17.7. The van der Waals surface area contributed by atoms with Crippen molar-refractivity contribution in [2.75, 3.05) is 26.3 Å². The zero-order valence-electron chi connectivity index (χ0n) is 15.3. The third-order valence-electron chi connectivity index (χ3n) is 4.76. The Bertz CT molecular complexity index is 822. The maximum Gasteiger partial charge on any atom is 0.119 e. The molecule has 0 aliphatic carbocycles. The zero-order valence-corrected chi connectivity index (χ0v) is 15.3. The highest BCUT2D eigenvalue weighted by Crippen LogP contribution is 2.22. The number of pyridine rings is 1. The fraction of sp³-hybridized carbons (Fsp3) is 0.261. The number of rotatable bonds is 6. The van der Waals surface area contributed by atoms with Gasteiger partial charge in [-0.25, -0.2) is 0 Å². The van der Waals surface area contributed by atoms with E-state index in [0.29, 0.717) is 6.61 Å². The highest BCUT2D eigenvalue weighted by atomic mass is 16.5. The summed E-state index contributed by atoms with van der Waals surface area (Å²) in [5.41, 5.74) is 3.58. The molecule has 1 unspecified atom stereocenters. The van der Waals surface area contributed by atoms with Crippen molar-refractivity contribution in [1.82, 2.24) is 9.88 Å². The molecule has 0 N–H and O–H groups in total. The highest BCUT2D eigenvalue weighted by Gasteiger charge is 2.21. The van der Waals surface area contributed by atoms with E-state index >= 15 is 0 Å². The van der Waals surface area contributed by atoms with Gasteiger partial charge in [-0.3, -0.25) is 9.88 Å². The summed E-state index contributed by atoms with van der Waals surface area (Å²) in [7, 11) is 0. The molecule has 2 aromatic carbocycles. The minimum absolute atomic E-state index is 0.0977. The Morgan fingerprint density at radius 3 is 2.59 bits per heavy atom. The van der Waals surface area contributed by atoms with E-state index in [1.54, 1.807) is 6.20 Å². The van der Waals surface area contributed by atoms with Crippen LogP contribution < -0.4 is 4.74 Å². The van der Waals surface area contributed by atoms with Crippen molar-refractivity contribution < 1.29 is 9.47 Å². The van der Waals surface area contributed by atoms with Crippen molar-refractivity contribution in [3.05, 3.63) is 84.7 Å². The molecule has 4 nitrogen and oxygen atoms in total. The molecule has 0 saturated carbocycles. The summed E-state index contributed by atoms with van der Waals surface area (Å²) in [4.78, 5) is 6.59. The summed E-state index contributed by atoms with van der Waals surface area (Å²) in [5, 5.41) is 0. The quantitative estimate of drug-likeness (QED) is 0.665. The first-order chi connectivity index (χ1) is 13.4. The van der Waals surface area contributed by atoms with E-state index in [-0.39, 0.29) is 6.10 Å². The zero-order chi connectivity index (χ0) is 18.3. The topological polar surface area (TPSA) is 34.6 Å². The van der Waals surface area contributed by atoms with Crippen LogP contribution in [-0.2, 0) is 11.3 Å². The van der Waals surface area contributed by atoms with Crippen LogP contribution in [0.25, 0.3) is 11.1 Å². The van der Waals surface area contributed by atoms with Gasteiger partial charge in [0.1, 0.15) is 18.5 Å². The lowest BCUT2D eigenvalue weighted by Crippen LogP contribution is -2.44. The lowest BCUT2D eigenvalue weighted by molar-refractivity contribution is -0.0504. The maximum absolute atomic E-state index is 5.97. The van der Waals surface area contributed by atoms with Crippen LogP contribution in [0, 0.1) is 0 Å². The molecule has 27 heavy (non-hydrogen) atoms. The molecule has 0 radical (unpaired) electrons. The van der Waals surface area contributed by atoms with Crippen LogP contribution in [0.3, 0.4) is 0 Å². The molecule has 0 spiro atoms. The van der Waals surface area contributed by atoms with E-state index in [1.165, 1.54) is 5.56 Å². The van der Waals surface area contributed by atoms with E-state index in [2.05, 4.69) is 58.4 Å². The molecule has 1 atom stereocenters. The first-order valence-corrected chi connectivity index (χ1v) is 9.38. The lowest BCUT2D eigenvalue weighted by atomic mass is 10.1. The van der Waals surface area contributed by atoms with E-state index in [1.807, 2.05) is 24.4 Å². The summed E-state index contributed by atoms with van der Waals surface area (Å²) in [6.07, 6.45) is 3.75. The fourth-order valence-electron chi connectivity index (χ4n) is 3.33. The Morgan fingerprint density at radius 2 is 1.81 bits per heavy atom. The summed E-state index contributed by atoms with van der Waals surface area (Å²) in [5.74, 6) is 0.867. The van der Waals surface area contributed by atoms with Gasteiger partial charge in [-0.1, -0.05) is 48.5 Å². The van der Waals surface area contributed by atoms with Crippen molar-refractivity contribution in [2.24, 2.45) is 0 Å². The summed E-state index contributed by atoms with van der Waals surface area (Å²) >= 11 is 0. The maximum atomic E-state index is 5.97. The predicted molar refractivity (Wildman–Crippen MR) is 107 cm³/mol. The van der Waals surface area contributed by atoms with E-state index < -0.39 is 0 Å². The number of benzene rings is 2. The molecule has 0 amide bonds. The molecular formula is C23H24N2O2. The Morgan fingerprint density at radius 1 is 0.963 bits per heavy atom. The van der Waals surface area contributed by atoms with Crippen molar-refractivity contribution >= 4 is 0 Å². The molecule has 1 fully saturated rings. The number of aromatic nitrogens is 1. The van der Waals surface area contributed by atoms with E-state index in [4.69, 9.17) is 9.47 Å². The summed E-state index contributed by atoms with van der Waals surface area (Å²) < 4.78 is 11.9. The van der Waals surface area contributed by atoms with Crippen LogP contribution in [0.1, 0.15) is 5.56 Å². The Hall–Kier alpha value is -2.69. The van der Waals surface area contributed by atoms with Gasteiger partial charge in [0.05, 0.1) is 6.61 Å². The Labute approximate surface area is 160 Å². The first-order valence-electron chi connectivity index (χ1n) is 9.38. The van der Waals surface area contributed by atoms with Gasteiger partial charge in [0, 0.05) is 32.0 Å². The van der Waals surface area contributed by atoms with Crippen LogP contribution in [-0.4, -0.2) is 42.3 Å². The smallest absolute Gasteiger partial charge is 0.119 e. The minimum Gasteiger partial charge on any atom is -0.491 e. The van der Waals surface area contributed by atoms with Crippen molar-refractivity contribution in [3.8, 4) is 16.9 Å². The number of nitrogens with zero attached hydrogens (tertiary/aromatic N) is 2. The van der Waals surface area contributed by atoms with Crippen molar-refractivity contribution in [1.29, 1.82) is 0 Å². The molecule has 1 aliphatic heterocycles. The van der Waals surface area contributed by atoms with Gasteiger partial charge in [-0.15, -0.1) is 0 Å². The summed E-state index contributed by atoms with van der Waals surface area (Å²) in [6.45, 7) is 4.13. The van der Waals surface area contributed by atoms with Crippen LogP contribution >= 0.6 is 0 Å². The van der Waals surface area contributed by atoms with Crippen LogP contribution in [0.5, 0.6) is 5.75 Å². The number of hydrogen-bond acceptors (Lipinski definition) is 4. The van der Waals surface area contributed by atoms with Gasteiger partial charge in [-0.2, -0.15) is 0 Å². The Balaban J connectivity index is 1.29. The molecule has 3 aromatic rings. The normalized spacial score (nSPS) is 17.6. The molecular weight excluding hydrogens is 336 g/mol. The summed E-state index contributed by atoms with van der Waals surface area (Å²) in [6, 6.07) is 22.7. The standard InChI is InChI=1S/C23H24N2O2/c1-2-5-19(6-3-1)16-25-13-14-26-23(17-25)18-27-22-10-8-20(9-11-22)21-7-4-12-24-15-21/h1-12,15,23H,13-14,16-18H2. The van der Waals surface area contributed by atoms with Gasteiger partial charge < -0.3 is 9.47 Å². The fourth-order valence-corrected chi connectivity index (χ4v) is 3.33. The van der Waals surface area contributed by atoms with Gasteiger partial charge in [0.2, 0.25) is 0 Å². The van der Waals surface area contributed by atoms with Crippen LogP contribution in [0.2, 0.25) is 0 Å². The molecule has 4 heteroatoms. The number of ether oxygens (including phenoxy) is 2. The number of hydrogen-bond donors (Lipinski definition) is 0. The average Bonchev–Trinajstić information content (AvgIpc) is 2.74. The molecule has 138 valence electrons. The minimum atomic E-state index is 0.0977. The van der Waals surface area contributed by atoms with E-state index in [0.717, 1.165) is 43.1 Å². The second-order valence-corrected chi connectivity index (χ2v) is 6.79. The average molecular weight is 360 g/mol. The molecule has 1 aliphatic rings. The second-order valence-electron chi connectivity index (χ2n) is 6.79. The van der Waals surface area contributed by atoms with Crippen molar-refractivity contribution in [2.45, 2.75) is 12.6 Å². The van der Waals surface area contributed by atoms with E-state index in [9.17, 15) is 0 Å². The molecule has 0 bridgehead atoms. The predicted octanol–water partition coefficient (Wildman–Crippen LogP) is 4.03. The van der Waals surface area contributed by atoms with Crippen LogP contribution in [0.15, 0.2) is 79.1 Å².